The molecule has 0 fully saturated rings. The van der Waals surface area contributed by atoms with Gasteiger partial charge in [0, 0.05) is 0 Å². The summed E-state index contributed by atoms with van der Waals surface area (Å²) in [4.78, 5) is 36.5. The van der Waals surface area contributed by atoms with Gasteiger partial charge in [-0.2, -0.15) is 5.10 Å². The number of hydrogen-bond donors (Lipinski definition) is 2. The molecule has 3 aromatic rings. The van der Waals surface area contributed by atoms with Gasteiger partial charge in [-0.15, -0.1) is 0 Å². The molecule has 0 radical (unpaired) electrons. The second kappa shape index (κ2) is 12.2. The summed E-state index contributed by atoms with van der Waals surface area (Å²) in [5.41, 5.74) is 3.32. The van der Waals surface area contributed by atoms with Gasteiger partial charge in [-0.05, 0) is 67.1 Å². The number of rotatable bonds is 8. The molecule has 2 amide bonds. The highest BCUT2D eigenvalue weighted by Crippen LogP contribution is 2.29. The molecule has 0 atom stereocenters. The minimum atomic E-state index is -0.976. The topological polar surface area (TPSA) is 115 Å². The van der Waals surface area contributed by atoms with Crippen molar-refractivity contribution in [3.63, 3.8) is 0 Å². The summed E-state index contributed by atoms with van der Waals surface area (Å²) in [6.07, 6.45) is 1.32. The summed E-state index contributed by atoms with van der Waals surface area (Å²) in [7, 11) is 1.54. The predicted molar refractivity (Wildman–Crippen MR) is 131 cm³/mol. The smallest absolute Gasteiger partial charge is 0.343 e. The molecule has 35 heavy (non-hydrogen) atoms. The van der Waals surface area contributed by atoms with Crippen LogP contribution in [0.4, 0.5) is 5.69 Å². The monoisotopic (exact) mass is 495 g/mol. The Morgan fingerprint density at radius 3 is 2.40 bits per heavy atom. The lowest BCUT2D eigenvalue weighted by Gasteiger charge is -2.11. The molecule has 3 rings (SSSR count). The number of benzene rings is 3. The number of anilines is 1. The standard InChI is InChI=1S/C25H22ClN3O6/c1-3-34-22-14-16(8-13-21(22)35-25(32)17-9-11-18(33-2)12-10-17)15-27-29-24(31)23(30)28-20-7-5-4-6-19(20)26/h4-15H,3H2,1-2H3,(H,28,30)(H,29,31)/b27-15-. The van der Waals surface area contributed by atoms with Gasteiger partial charge in [0.05, 0.1) is 36.2 Å². The summed E-state index contributed by atoms with van der Waals surface area (Å²) in [6.45, 7) is 2.11. The first-order valence-corrected chi connectivity index (χ1v) is 10.8. The average Bonchev–Trinajstić information content (AvgIpc) is 2.87. The first-order valence-electron chi connectivity index (χ1n) is 10.4. The van der Waals surface area contributed by atoms with Gasteiger partial charge in [-0.3, -0.25) is 9.59 Å². The molecule has 9 nitrogen and oxygen atoms in total. The molecule has 10 heteroatoms. The summed E-state index contributed by atoms with van der Waals surface area (Å²) >= 11 is 5.96. The van der Waals surface area contributed by atoms with Crippen LogP contribution >= 0.6 is 11.6 Å². The maximum Gasteiger partial charge on any atom is 0.343 e. The number of hydrazone groups is 1. The van der Waals surface area contributed by atoms with E-state index in [0.717, 1.165) is 0 Å². The van der Waals surface area contributed by atoms with Gasteiger partial charge >= 0.3 is 17.8 Å². The van der Waals surface area contributed by atoms with Crippen molar-refractivity contribution >= 4 is 41.3 Å². The number of hydrogen-bond acceptors (Lipinski definition) is 7. The van der Waals surface area contributed by atoms with E-state index in [2.05, 4.69) is 15.8 Å². The van der Waals surface area contributed by atoms with E-state index in [1.54, 1.807) is 73.7 Å². The normalized spacial score (nSPS) is 10.5. The van der Waals surface area contributed by atoms with Crippen molar-refractivity contribution in [1.29, 1.82) is 0 Å². The van der Waals surface area contributed by atoms with E-state index in [-0.39, 0.29) is 5.75 Å². The molecule has 0 saturated heterocycles. The molecular weight excluding hydrogens is 474 g/mol. The highest BCUT2D eigenvalue weighted by atomic mass is 35.5. The van der Waals surface area contributed by atoms with Gasteiger partial charge in [0.1, 0.15) is 5.75 Å². The maximum atomic E-state index is 12.5. The number of halogens is 1. The van der Waals surface area contributed by atoms with Crippen LogP contribution in [-0.2, 0) is 9.59 Å². The number of nitrogens with zero attached hydrogens (tertiary/aromatic N) is 1. The number of esters is 1. The van der Waals surface area contributed by atoms with Crippen LogP contribution in [0.5, 0.6) is 17.2 Å². The Bertz CT molecular complexity index is 1240. The quantitative estimate of drug-likeness (QED) is 0.160. The zero-order valence-corrected chi connectivity index (χ0v) is 19.7. The number of para-hydroxylation sites is 1. The molecule has 0 bridgehead atoms. The van der Waals surface area contributed by atoms with Crippen LogP contribution in [0.15, 0.2) is 71.8 Å². The molecule has 180 valence electrons. The lowest BCUT2D eigenvalue weighted by molar-refractivity contribution is -0.136. The first kappa shape index (κ1) is 25.3. The van der Waals surface area contributed by atoms with Gasteiger partial charge < -0.3 is 19.5 Å². The minimum Gasteiger partial charge on any atom is -0.497 e. The van der Waals surface area contributed by atoms with E-state index in [4.69, 9.17) is 25.8 Å². The van der Waals surface area contributed by atoms with E-state index in [9.17, 15) is 14.4 Å². The summed E-state index contributed by atoms with van der Waals surface area (Å²) in [5.74, 6) is -1.32. The molecule has 0 unspecified atom stereocenters. The van der Waals surface area contributed by atoms with Crippen LogP contribution in [0.2, 0.25) is 5.02 Å². The molecule has 0 aliphatic carbocycles. The van der Waals surface area contributed by atoms with Crippen molar-refractivity contribution in [1.82, 2.24) is 5.43 Å². The molecule has 3 aromatic carbocycles. The minimum absolute atomic E-state index is 0.216. The van der Waals surface area contributed by atoms with Crippen LogP contribution in [0.3, 0.4) is 0 Å². The second-order valence-corrected chi connectivity index (χ2v) is 7.30. The Hall–Kier alpha value is -4.37. The number of nitrogens with one attached hydrogen (secondary N) is 2. The van der Waals surface area contributed by atoms with Gasteiger partial charge in [0.15, 0.2) is 11.5 Å². The third-order valence-electron chi connectivity index (χ3n) is 4.50. The van der Waals surface area contributed by atoms with Crippen LogP contribution in [0, 0.1) is 0 Å². The number of carbonyl (C=O) groups excluding carboxylic acids is 3. The fourth-order valence-electron chi connectivity index (χ4n) is 2.80. The summed E-state index contributed by atoms with van der Waals surface area (Å²) < 4.78 is 16.1. The van der Waals surface area contributed by atoms with Crippen molar-refractivity contribution in [2.45, 2.75) is 6.92 Å². The molecule has 2 N–H and O–H groups in total. The molecule has 0 aliphatic heterocycles. The Morgan fingerprint density at radius 2 is 1.71 bits per heavy atom. The summed E-state index contributed by atoms with van der Waals surface area (Å²) in [6, 6.07) is 17.7. The van der Waals surface area contributed by atoms with E-state index >= 15 is 0 Å². The SMILES string of the molecule is CCOc1cc(/C=N\NC(=O)C(=O)Nc2ccccc2Cl)ccc1OC(=O)c1ccc(OC)cc1. The van der Waals surface area contributed by atoms with E-state index in [1.807, 2.05) is 0 Å². The van der Waals surface area contributed by atoms with Crippen molar-refractivity contribution in [2.24, 2.45) is 5.10 Å². The van der Waals surface area contributed by atoms with Gasteiger partial charge in [-0.25, -0.2) is 10.2 Å². The molecule has 0 aliphatic rings. The molecular formula is C25H22ClN3O6. The van der Waals surface area contributed by atoms with Gasteiger partial charge in [0.25, 0.3) is 0 Å². The van der Waals surface area contributed by atoms with Crippen LogP contribution in [-0.4, -0.2) is 37.7 Å². The fourth-order valence-corrected chi connectivity index (χ4v) is 2.98. The maximum absolute atomic E-state index is 12.5. The van der Waals surface area contributed by atoms with E-state index in [1.165, 1.54) is 13.3 Å². The van der Waals surface area contributed by atoms with Crippen LogP contribution in [0.25, 0.3) is 0 Å². The number of ether oxygens (including phenoxy) is 3. The second-order valence-electron chi connectivity index (χ2n) is 6.89. The summed E-state index contributed by atoms with van der Waals surface area (Å²) in [5, 5.41) is 6.49. The molecule has 0 heterocycles. The Kier molecular flexibility index (Phi) is 8.80. The highest BCUT2D eigenvalue weighted by molar-refractivity contribution is 6.41. The Balaban J connectivity index is 1.64. The third-order valence-corrected chi connectivity index (χ3v) is 4.83. The van der Waals surface area contributed by atoms with Crippen molar-refractivity contribution in [2.75, 3.05) is 19.0 Å². The predicted octanol–water partition coefficient (Wildman–Crippen LogP) is 4.06. The molecule has 0 spiro atoms. The number of amides is 2. The van der Waals surface area contributed by atoms with Gasteiger partial charge in [-0.1, -0.05) is 23.7 Å². The van der Waals surface area contributed by atoms with Crippen LogP contribution in [0.1, 0.15) is 22.8 Å². The highest BCUT2D eigenvalue weighted by Gasteiger charge is 2.15. The van der Waals surface area contributed by atoms with E-state index < -0.39 is 17.8 Å². The molecule has 0 saturated carbocycles. The fraction of sp³-hybridized carbons (Fsp3) is 0.120. The first-order chi connectivity index (χ1) is 16.9. The Labute approximate surface area is 206 Å². The van der Waals surface area contributed by atoms with Gasteiger partial charge in [0.2, 0.25) is 0 Å². The number of carbonyl (C=O) groups is 3. The zero-order valence-electron chi connectivity index (χ0n) is 18.9. The van der Waals surface area contributed by atoms with Crippen molar-refractivity contribution in [3.05, 3.63) is 82.9 Å². The molecule has 0 aromatic heterocycles. The number of methoxy groups -OCH3 is 1. The zero-order chi connectivity index (χ0) is 25.2. The average molecular weight is 496 g/mol. The lowest BCUT2D eigenvalue weighted by Crippen LogP contribution is -2.32. The van der Waals surface area contributed by atoms with Crippen LogP contribution < -0.4 is 25.0 Å². The lowest BCUT2D eigenvalue weighted by atomic mass is 10.2. The third kappa shape index (κ3) is 7.05. The van der Waals surface area contributed by atoms with Crippen molar-refractivity contribution in [3.8, 4) is 17.2 Å². The van der Waals surface area contributed by atoms with E-state index in [0.29, 0.717) is 39.9 Å². The van der Waals surface area contributed by atoms with Crippen molar-refractivity contribution < 1.29 is 28.6 Å². The Morgan fingerprint density at radius 1 is 0.971 bits per heavy atom. The largest absolute Gasteiger partial charge is 0.497 e.